The lowest BCUT2D eigenvalue weighted by Crippen LogP contribution is -2.30. The Kier molecular flexibility index (Phi) is 7.41. The van der Waals surface area contributed by atoms with Gasteiger partial charge in [-0.25, -0.2) is 22.6 Å². The van der Waals surface area contributed by atoms with E-state index in [1.807, 2.05) is 30.3 Å². The molecule has 184 valence electrons. The molecule has 3 aromatic carbocycles. The smallest absolute Gasteiger partial charge is 0.338 e. The van der Waals surface area contributed by atoms with Crippen molar-refractivity contribution in [2.45, 2.75) is 17.9 Å². The zero-order chi connectivity index (χ0) is 25.7. The number of halogens is 1. The number of ether oxygens (including phenoxy) is 1. The van der Waals surface area contributed by atoms with E-state index < -0.39 is 33.8 Å². The highest BCUT2D eigenvalue weighted by Crippen LogP contribution is 2.25. The third-order valence-electron chi connectivity index (χ3n) is 4.93. The van der Waals surface area contributed by atoms with Gasteiger partial charge >= 0.3 is 5.97 Å². The summed E-state index contributed by atoms with van der Waals surface area (Å²) in [6.07, 6.45) is -1.17. The first-order valence-electron chi connectivity index (χ1n) is 10.6. The van der Waals surface area contributed by atoms with Gasteiger partial charge in [-0.05, 0) is 49.4 Å². The lowest BCUT2D eigenvalue weighted by atomic mass is 10.2. The average Bonchev–Trinajstić information content (AvgIpc) is 3.34. The Hall–Kier alpha value is -4.09. The summed E-state index contributed by atoms with van der Waals surface area (Å²) >= 11 is 1.23. The fourth-order valence-corrected chi connectivity index (χ4v) is 4.91. The molecule has 4 aromatic rings. The number of amides is 1. The first kappa shape index (κ1) is 25.0. The van der Waals surface area contributed by atoms with Crippen molar-refractivity contribution in [3.63, 3.8) is 0 Å². The van der Waals surface area contributed by atoms with Crippen LogP contribution in [0.3, 0.4) is 0 Å². The van der Waals surface area contributed by atoms with E-state index in [0.717, 1.165) is 23.8 Å². The Morgan fingerprint density at radius 3 is 2.44 bits per heavy atom. The lowest BCUT2D eigenvalue weighted by molar-refractivity contribution is -0.123. The predicted molar refractivity (Wildman–Crippen MR) is 135 cm³/mol. The van der Waals surface area contributed by atoms with Crippen molar-refractivity contribution in [3.8, 4) is 11.3 Å². The molecule has 0 aliphatic carbocycles. The number of nitrogens with zero attached hydrogens (tertiary/aromatic N) is 1. The van der Waals surface area contributed by atoms with Crippen LogP contribution in [-0.2, 0) is 19.6 Å². The lowest BCUT2D eigenvalue weighted by Gasteiger charge is -2.13. The Balaban J connectivity index is 1.39. The highest BCUT2D eigenvalue weighted by molar-refractivity contribution is 7.92. The van der Waals surface area contributed by atoms with Crippen LogP contribution in [0.5, 0.6) is 0 Å². The van der Waals surface area contributed by atoms with Gasteiger partial charge in [0.25, 0.3) is 15.9 Å². The number of sulfonamides is 1. The molecule has 4 rings (SSSR count). The molecule has 0 aliphatic rings. The van der Waals surface area contributed by atoms with Crippen LogP contribution in [-0.4, -0.2) is 31.4 Å². The van der Waals surface area contributed by atoms with Crippen LogP contribution in [0.4, 0.5) is 15.2 Å². The molecule has 1 atom stereocenters. The van der Waals surface area contributed by atoms with E-state index >= 15 is 0 Å². The van der Waals surface area contributed by atoms with Gasteiger partial charge in [-0.15, -0.1) is 11.3 Å². The number of aromatic nitrogens is 1. The zero-order valence-electron chi connectivity index (χ0n) is 18.8. The van der Waals surface area contributed by atoms with Crippen molar-refractivity contribution in [1.82, 2.24) is 4.98 Å². The molecule has 8 nitrogen and oxygen atoms in total. The summed E-state index contributed by atoms with van der Waals surface area (Å²) in [4.78, 5) is 29.3. The molecule has 0 saturated carbocycles. The third-order valence-corrected chi connectivity index (χ3v) is 7.07. The van der Waals surface area contributed by atoms with Crippen molar-refractivity contribution < 1.29 is 27.1 Å². The van der Waals surface area contributed by atoms with Gasteiger partial charge in [0.1, 0.15) is 5.82 Å². The second-order valence-electron chi connectivity index (χ2n) is 7.58. The summed E-state index contributed by atoms with van der Waals surface area (Å²) in [5.74, 6) is -1.97. The molecule has 0 aliphatic heterocycles. The van der Waals surface area contributed by atoms with Gasteiger partial charge in [-0.2, -0.15) is 0 Å². The Labute approximate surface area is 210 Å². The highest BCUT2D eigenvalue weighted by Gasteiger charge is 2.22. The average molecular weight is 526 g/mol. The maximum Gasteiger partial charge on any atom is 0.338 e. The minimum absolute atomic E-state index is 0.0581. The van der Waals surface area contributed by atoms with Crippen LogP contribution >= 0.6 is 11.3 Å². The van der Waals surface area contributed by atoms with Gasteiger partial charge in [-0.1, -0.05) is 36.4 Å². The Morgan fingerprint density at radius 2 is 1.72 bits per heavy atom. The standard InChI is InChI=1S/C25H20FN3O5S2/c1-16(23(30)28-25-27-22(15-35-25)17-6-3-2-4-7-17)34-24(31)18-8-5-9-21(14-18)36(32,33)29-20-12-10-19(26)11-13-20/h2-16,29H,1H3,(H,27,28,30). The number of hydrogen-bond donors (Lipinski definition) is 2. The zero-order valence-corrected chi connectivity index (χ0v) is 20.5. The summed E-state index contributed by atoms with van der Waals surface area (Å²) in [6.45, 7) is 1.40. The van der Waals surface area contributed by atoms with Crippen molar-refractivity contribution in [2.75, 3.05) is 10.0 Å². The number of anilines is 2. The van der Waals surface area contributed by atoms with Gasteiger partial charge in [-0.3, -0.25) is 14.8 Å². The van der Waals surface area contributed by atoms with E-state index in [4.69, 9.17) is 4.74 Å². The first-order chi connectivity index (χ1) is 17.2. The molecule has 11 heteroatoms. The largest absolute Gasteiger partial charge is 0.449 e. The predicted octanol–water partition coefficient (Wildman–Crippen LogP) is 4.93. The molecule has 2 N–H and O–H groups in total. The summed E-state index contributed by atoms with van der Waals surface area (Å²) in [6, 6.07) is 19.4. The number of nitrogens with one attached hydrogen (secondary N) is 2. The molecule has 36 heavy (non-hydrogen) atoms. The molecule has 1 unspecified atom stereocenters. The minimum Gasteiger partial charge on any atom is -0.449 e. The van der Waals surface area contributed by atoms with Crippen LogP contribution in [0.15, 0.2) is 89.1 Å². The molecule has 0 radical (unpaired) electrons. The first-order valence-corrected chi connectivity index (χ1v) is 13.0. The maximum absolute atomic E-state index is 13.1. The van der Waals surface area contributed by atoms with E-state index in [1.165, 1.54) is 48.6 Å². The van der Waals surface area contributed by atoms with Crippen LogP contribution in [0.1, 0.15) is 17.3 Å². The fourth-order valence-electron chi connectivity index (χ4n) is 3.08. The minimum atomic E-state index is -4.05. The van der Waals surface area contributed by atoms with Crippen molar-refractivity contribution in [3.05, 3.63) is 95.6 Å². The van der Waals surface area contributed by atoms with E-state index in [9.17, 15) is 22.4 Å². The van der Waals surface area contributed by atoms with E-state index in [0.29, 0.717) is 10.8 Å². The Morgan fingerprint density at radius 1 is 1.00 bits per heavy atom. The monoisotopic (exact) mass is 525 g/mol. The van der Waals surface area contributed by atoms with E-state index in [1.54, 1.807) is 5.38 Å². The van der Waals surface area contributed by atoms with Crippen molar-refractivity contribution in [1.29, 1.82) is 0 Å². The molecule has 0 fully saturated rings. The van der Waals surface area contributed by atoms with Gasteiger partial charge in [0.05, 0.1) is 16.2 Å². The summed E-state index contributed by atoms with van der Waals surface area (Å²) < 4.78 is 46.0. The second-order valence-corrected chi connectivity index (χ2v) is 10.1. The molecular weight excluding hydrogens is 505 g/mol. The third kappa shape index (κ3) is 6.12. The molecule has 1 aromatic heterocycles. The molecule has 1 amide bonds. The van der Waals surface area contributed by atoms with Crippen LogP contribution in [0.2, 0.25) is 0 Å². The van der Waals surface area contributed by atoms with Crippen molar-refractivity contribution >= 4 is 44.1 Å². The quantitative estimate of drug-likeness (QED) is 0.315. The van der Waals surface area contributed by atoms with Crippen LogP contribution < -0.4 is 10.0 Å². The summed E-state index contributed by atoms with van der Waals surface area (Å²) in [5, 5.41) is 4.76. The summed E-state index contributed by atoms with van der Waals surface area (Å²) in [5.41, 5.74) is 1.70. The number of benzene rings is 3. The number of thiazole rings is 1. The molecule has 0 spiro atoms. The van der Waals surface area contributed by atoms with E-state index in [2.05, 4.69) is 15.0 Å². The number of carbonyl (C=O) groups excluding carboxylic acids is 2. The molecule has 0 bridgehead atoms. The molecular formula is C25H20FN3O5S2. The highest BCUT2D eigenvalue weighted by atomic mass is 32.2. The molecule has 1 heterocycles. The second kappa shape index (κ2) is 10.7. The van der Waals surface area contributed by atoms with Gasteiger partial charge in [0.15, 0.2) is 11.2 Å². The topological polar surface area (TPSA) is 114 Å². The SMILES string of the molecule is CC(OC(=O)c1cccc(S(=O)(=O)Nc2ccc(F)cc2)c1)C(=O)Nc1nc(-c2ccccc2)cs1. The van der Waals surface area contributed by atoms with Crippen molar-refractivity contribution in [2.24, 2.45) is 0 Å². The number of hydrogen-bond acceptors (Lipinski definition) is 7. The normalized spacial score (nSPS) is 11.9. The van der Waals surface area contributed by atoms with Gasteiger partial charge in [0, 0.05) is 16.6 Å². The van der Waals surface area contributed by atoms with Gasteiger partial charge < -0.3 is 4.74 Å². The summed E-state index contributed by atoms with van der Waals surface area (Å²) in [7, 11) is -4.05. The Bertz CT molecular complexity index is 1490. The molecule has 0 saturated heterocycles. The number of carbonyl (C=O) groups is 2. The number of rotatable bonds is 8. The maximum atomic E-state index is 13.1. The van der Waals surface area contributed by atoms with Gasteiger partial charge in [0.2, 0.25) is 0 Å². The van der Waals surface area contributed by atoms with E-state index in [-0.39, 0.29) is 16.1 Å². The number of esters is 1. The van der Waals surface area contributed by atoms with Crippen LogP contribution in [0, 0.1) is 5.82 Å². The fraction of sp³-hybridized carbons (Fsp3) is 0.0800. The van der Waals surface area contributed by atoms with Crippen LogP contribution in [0.25, 0.3) is 11.3 Å².